The van der Waals surface area contributed by atoms with Crippen LogP contribution in [0, 0.1) is 6.92 Å². The first-order valence-electron chi connectivity index (χ1n) is 13.5. The van der Waals surface area contributed by atoms with Crippen molar-refractivity contribution < 1.29 is 22.7 Å². The zero-order valence-electron chi connectivity index (χ0n) is 24.0. The fraction of sp³-hybridized carbons (Fsp3) is 0.355. The number of carbonyl (C=O) groups excluding carboxylic acids is 2. The molecular weight excluding hydrogens is 562 g/mol. The number of rotatable bonds is 14. The molecule has 220 valence electrons. The van der Waals surface area contributed by atoms with E-state index < -0.39 is 16.1 Å². The van der Waals surface area contributed by atoms with Crippen LogP contribution in [0.4, 0.5) is 5.69 Å². The molecule has 0 unspecified atom stereocenters. The van der Waals surface area contributed by atoms with E-state index in [9.17, 15) is 18.0 Å². The normalized spacial score (nSPS) is 11.9. The first-order valence-corrected chi connectivity index (χ1v) is 15.7. The number of anilines is 1. The molecule has 0 fully saturated rings. The maximum atomic E-state index is 13.9. The summed E-state index contributed by atoms with van der Waals surface area (Å²) in [6.45, 7) is 4.30. The Balaban J connectivity index is 1.90. The van der Waals surface area contributed by atoms with Crippen molar-refractivity contribution in [3.63, 3.8) is 0 Å². The monoisotopic (exact) mass is 599 g/mol. The Labute approximate surface area is 248 Å². The summed E-state index contributed by atoms with van der Waals surface area (Å²) < 4.78 is 32.0. The van der Waals surface area contributed by atoms with Crippen molar-refractivity contribution in [3.8, 4) is 5.75 Å². The number of nitrogens with zero attached hydrogens (tertiary/aromatic N) is 2. The predicted molar refractivity (Wildman–Crippen MR) is 164 cm³/mol. The number of hydrogen-bond acceptors (Lipinski definition) is 5. The summed E-state index contributed by atoms with van der Waals surface area (Å²) in [5.74, 6) is 0.143. The molecular formula is C31H38ClN3O5S. The van der Waals surface area contributed by atoms with E-state index in [2.05, 4.69) is 5.32 Å². The van der Waals surface area contributed by atoms with Gasteiger partial charge >= 0.3 is 0 Å². The van der Waals surface area contributed by atoms with Gasteiger partial charge in [0.1, 0.15) is 11.8 Å². The van der Waals surface area contributed by atoms with E-state index in [1.807, 2.05) is 61.5 Å². The minimum Gasteiger partial charge on any atom is -0.497 e. The van der Waals surface area contributed by atoms with Gasteiger partial charge in [-0.25, -0.2) is 8.42 Å². The Morgan fingerprint density at radius 2 is 1.68 bits per heavy atom. The standard InChI is InChI=1S/C31H38ClN3O5S/c1-5-33-31(37)29(21-24-12-7-6-8-13-24)34(22-25-14-9-15-26(20-25)40-3)30(36)18-11-19-35(41(4,38)39)28-17-10-16-27(32)23(28)2/h6-10,12-17,20,29H,5,11,18-19,21-22H2,1-4H3,(H,33,37)/t29-/m1/s1. The van der Waals surface area contributed by atoms with Gasteiger partial charge in [0.05, 0.1) is 19.1 Å². The maximum Gasteiger partial charge on any atom is 0.243 e. The average Bonchev–Trinajstić information content (AvgIpc) is 2.95. The second kappa shape index (κ2) is 14.9. The van der Waals surface area contributed by atoms with Crippen LogP contribution in [0.5, 0.6) is 5.75 Å². The van der Waals surface area contributed by atoms with Crippen molar-refractivity contribution in [1.82, 2.24) is 10.2 Å². The Hall–Kier alpha value is -3.56. The van der Waals surface area contributed by atoms with E-state index in [1.54, 1.807) is 37.1 Å². The molecule has 0 aliphatic rings. The third kappa shape index (κ3) is 8.96. The number of hydrogen-bond donors (Lipinski definition) is 1. The molecule has 0 heterocycles. The molecule has 1 atom stereocenters. The van der Waals surface area contributed by atoms with Crippen molar-refractivity contribution in [2.75, 3.05) is 30.8 Å². The van der Waals surface area contributed by atoms with Gasteiger partial charge < -0.3 is 15.0 Å². The minimum absolute atomic E-state index is 0.0420. The fourth-order valence-corrected chi connectivity index (χ4v) is 5.85. The number of methoxy groups -OCH3 is 1. The molecule has 0 radical (unpaired) electrons. The molecule has 0 bridgehead atoms. The van der Waals surface area contributed by atoms with E-state index in [0.717, 1.165) is 17.4 Å². The molecule has 0 aliphatic heterocycles. The van der Waals surface area contributed by atoms with Crippen molar-refractivity contribution in [2.24, 2.45) is 0 Å². The van der Waals surface area contributed by atoms with E-state index >= 15 is 0 Å². The summed E-state index contributed by atoms with van der Waals surface area (Å²) in [6.07, 6.45) is 1.76. The van der Waals surface area contributed by atoms with Crippen LogP contribution >= 0.6 is 11.6 Å². The topological polar surface area (TPSA) is 96.0 Å². The molecule has 10 heteroatoms. The highest BCUT2D eigenvalue weighted by molar-refractivity contribution is 7.92. The molecule has 8 nitrogen and oxygen atoms in total. The van der Waals surface area contributed by atoms with Gasteiger partial charge in [0, 0.05) is 37.5 Å². The third-order valence-electron chi connectivity index (χ3n) is 6.77. The van der Waals surface area contributed by atoms with Crippen molar-refractivity contribution in [3.05, 3.63) is 94.5 Å². The second-order valence-electron chi connectivity index (χ2n) is 9.80. The summed E-state index contributed by atoms with van der Waals surface area (Å²) in [7, 11) is -2.06. The number of carbonyl (C=O) groups is 2. The van der Waals surface area contributed by atoms with Crippen LogP contribution in [0.3, 0.4) is 0 Å². The Bertz CT molecular complexity index is 1430. The molecule has 41 heavy (non-hydrogen) atoms. The largest absolute Gasteiger partial charge is 0.497 e. The van der Waals surface area contributed by atoms with Crippen LogP contribution in [0.2, 0.25) is 5.02 Å². The lowest BCUT2D eigenvalue weighted by Gasteiger charge is -2.32. The van der Waals surface area contributed by atoms with Gasteiger partial charge in [-0.05, 0) is 61.2 Å². The summed E-state index contributed by atoms with van der Waals surface area (Å²) in [5, 5.41) is 3.34. The Morgan fingerprint density at radius 1 is 1.00 bits per heavy atom. The lowest BCUT2D eigenvalue weighted by molar-refractivity contribution is -0.141. The van der Waals surface area contributed by atoms with Gasteiger partial charge in [-0.1, -0.05) is 60.1 Å². The first kappa shape index (κ1) is 32.0. The van der Waals surface area contributed by atoms with E-state index in [1.165, 1.54) is 4.31 Å². The number of likely N-dealkylation sites (N-methyl/N-ethyl adjacent to an activating group) is 1. The predicted octanol–water partition coefficient (Wildman–Crippen LogP) is 4.98. The lowest BCUT2D eigenvalue weighted by atomic mass is 10.0. The van der Waals surface area contributed by atoms with Gasteiger partial charge in [-0.3, -0.25) is 13.9 Å². The molecule has 0 aliphatic carbocycles. The first-order chi connectivity index (χ1) is 19.5. The van der Waals surface area contributed by atoms with E-state index in [4.69, 9.17) is 16.3 Å². The van der Waals surface area contributed by atoms with Gasteiger partial charge in [0.25, 0.3) is 0 Å². The van der Waals surface area contributed by atoms with Gasteiger partial charge in [0.15, 0.2) is 0 Å². The molecule has 0 saturated heterocycles. The average molecular weight is 600 g/mol. The Kier molecular flexibility index (Phi) is 11.6. The minimum atomic E-state index is -3.64. The van der Waals surface area contributed by atoms with Crippen LogP contribution in [0.15, 0.2) is 72.8 Å². The van der Waals surface area contributed by atoms with Crippen LogP contribution < -0.4 is 14.4 Å². The number of nitrogens with one attached hydrogen (secondary N) is 1. The maximum absolute atomic E-state index is 13.9. The molecule has 0 spiro atoms. The zero-order valence-corrected chi connectivity index (χ0v) is 25.5. The number of amides is 2. The number of halogens is 1. The SMILES string of the molecule is CCNC(=O)[C@@H](Cc1ccccc1)N(Cc1cccc(OC)c1)C(=O)CCCN(c1cccc(Cl)c1C)S(C)(=O)=O. The number of sulfonamides is 1. The highest BCUT2D eigenvalue weighted by Crippen LogP contribution is 2.28. The third-order valence-corrected chi connectivity index (χ3v) is 8.36. The van der Waals surface area contributed by atoms with Gasteiger partial charge in [0.2, 0.25) is 21.8 Å². The summed E-state index contributed by atoms with van der Waals surface area (Å²) >= 11 is 6.26. The smallest absolute Gasteiger partial charge is 0.243 e. The molecule has 0 aromatic heterocycles. The fourth-order valence-electron chi connectivity index (χ4n) is 4.66. The molecule has 3 aromatic carbocycles. The number of benzene rings is 3. The number of ether oxygens (including phenoxy) is 1. The molecule has 0 saturated carbocycles. The van der Waals surface area contributed by atoms with Crippen LogP contribution in [0.1, 0.15) is 36.5 Å². The van der Waals surface area contributed by atoms with Gasteiger partial charge in [-0.15, -0.1) is 0 Å². The van der Waals surface area contributed by atoms with Crippen LogP contribution in [-0.2, 0) is 32.6 Å². The van der Waals surface area contributed by atoms with E-state index in [0.29, 0.717) is 35.0 Å². The molecule has 3 rings (SSSR count). The summed E-state index contributed by atoms with van der Waals surface area (Å²) in [4.78, 5) is 28.8. The van der Waals surface area contributed by atoms with Crippen molar-refractivity contribution in [2.45, 2.75) is 45.7 Å². The highest BCUT2D eigenvalue weighted by atomic mass is 35.5. The summed E-state index contributed by atoms with van der Waals surface area (Å²) in [5.41, 5.74) is 2.86. The molecule has 1 N–H and O–H groups in total. The van der Waals surface area contributed by atoms with Crippen molar-refractivity contribution >= 4 is 39.1 Å². The lowest BCUT2D eigenvalue weighted by Crippen LogP contribution is -2.50. The summed E-state index contributed by atoms with van der Waals surface area (Å²) in [6, 6.07) is 21.3. The Morgan fingerprint density at radius 3 is 2.34 bits per heavy atom. The van der Waals surface area contributed by atoms with E-state index in [-0.39, 0.29) is 37.7 Å². The molecule has 3 aromatic rings. The van der Waals surface area contributed by atoms with Crippen LogP contribution in [-0.4, -0.2) is 57.6 Å². The zero-order chi connectivity index (χ0) is 30.0. The van der Waals surface area contributed by atoms with Crippen LogP contribution in [0.25, 0.3) is 0 Å². The molecule has 2 amide bonds. The second-order valence-corrected chi connectivity index (χ2v) is 12.1. The quantitative estimate of drug-likeness (QED) is 0.282. The highest BCUT2D eigenvalue weighted by Gasteiger charge is 2.30. The van der Waals surface area contributed by atoms with Gasteiger partial charge in [-0.2, -0.15) is 0 Å². The van der Waals surface area contributed by atoms with Crippen molar-refractivity contribution in [1.29, 1.82) is 0 Å².